The van der Waals surface area contributed by atoms with Gasteiger partial charge in [-0.25, -0.2) is 0 Å². The summed E-state index contributed by atoms with van der Waals surface area (Å²) in [7, 11) is 0. The minimum atomic E-state index is 0.519. The largest absolute Gasteiger partial charge is 0.489 e. The van der Waals surface area contributed by atoms with Gasteiger partial charge in [0.25, 0.3) is 0 Å². The lowest BCUT2D eigenvalue weighted by atomic mass is 9.89. The molecule has 0 bridgehead atoms. The van der Waals surface area contributed by atoms with Gasteiger partial charge in [-0.05, 0) is 53.4 Å². The first-order valence-corrected chi connectivity index (χ1v) is 9.90. The fraction of sp³-hybridized carbons (Fsp3) is 0.292. The lowest BCUT2D eigenvalue weighted by molar-refractivity contribution is 0.304. The van der Waals surface area contributed by atoms with E-state index in [-0.39, 0.29) is 0 Å². The Morgan fingerprint density at radius 1 is 0.893 bits per heavy atom. The number of likely N-dealkylation sites (tertiary alicyclic amines) is 1. The molecule has 0 spiro atoms. The molecule has 2 N–H and O–H groups in total. The molecule has 28 heavy (non-hydrogen) atoms. The van der Waals surface area contributed by atoms with Crippen molar-refractivity contribution < 1.29 is 4.74 Å². The van der Waals surface area contributed by atoms with Crippen LogP contribution < -0.4 is 10.5 Å². The number of benzene rings is 2. The highest BCUT2D eigenvalue weighted by Crippen LogP contribution is 2.32. The van der Waals surface area contributed by atoms with Crippen molar-refractivity contribution >= 4 is 0 Å². The standard InChI is InChI=1S/C24H27N3O/c25-14-22-16-27(17-24(22)21-4-2-1-3-5-21)15-19-6-8-23(9-7-19)28-18-20-10-12-26-13-11-20/h1-13,22,24H,14-18,25H2/t22-,24+/m1/s1. The van der Waals surface area contributed by atoms with Crippen molar-refractivity contribution in [2.24, 2.45) is 11.7 Å². The first-order chi connectivity index (χ1) is 13.8. The van der Waals surface area contributed by atoms with Crippen molar-refractivity contribution in [2.75, 3.05) is 19.6 Å². The molecule has 0 amide bonds. The van der Waals surface area contributed by atoms with E-state index in [4.69, 9.17) is 10.5 Å². The summed E-state index contributed by atoms with van der Waals surface area (Å²) in [6.45, 7) is 4.36. The molecule has 3 aromatic rings. The molecular formula is C24H27N3O. The highest BCUT2D eigenvalue weighted by Gasteiger charge is 2.32. The fourth-order valence-corrected chi connectivity index (χ4v) is 4.00. The number of rotatable bonds is 7. The van der Waals surface area contributed by atoms with Crippen LogP contribution in [0.25, 0.3) is 0 Å². The molecule has 2 aromatic carbocycles. The molecule has 144 valence electrons. The first-order valence-electron chi connectivity index (χ1n) is 9.90. The van der Waals surface area contributed by atoms with Crippen molar-refractivity contribution in [2.45, 2.75) is 19.1 Å². The molecule has 0 radical (unpaired) electrons. The number of hydrogen-bond acceptors (Lipinski definition) is 4. The van der Waals surface area contributed by atoms with Crippen LogP contribution in [-0.4, -0.2) is 29.5 Å². The van der Waals surface area contributed by atoms with Crippen LogP contribution in [-0.2, 0) is 13.2 Å². The van der Waals surface area contributed by atoms with Crippen LogP contribution in [0.4, 0.5) is 0 Å². The lowest BCUT2D eigenvalue weighted by Crippen LogP contribution is -2.23. The van der Waals surface area contributed by atoms with Crippen LogP contribution in [0.2, 0.25) is 0 Å². The Kier molecular flexibility index (Phi) is 6.00. The second-order valence-corrected chi connectivity index (χ2v) is 7.50. The number of nitrogens with zero attached hydrogens (tertiary/aromatic N) is 2. The molecule has 0 unspecified atom stereocenters. The van der Waals surface area contributed by atoms with Gasteiger partial charge in [0.1, 0.15) is 12.4 Å². The Morgan fingerprint density at radius 3 is 2.36 bits per heavy atom. The smallest absolute Gasteiger partial charge is 0.119 e. The van der Waals surface area contributed by atoms with E-state index in [9.17, 15) is 0 Å². The second-order valence-electron chi connectivity index (χ2n) is 7.50. The lowest BCUT2D eigenvalue weighted by Gasteiger charge is -2.17. The monoisotopic (exact) mass is 373 g/mol. The van der Waals surface area contributed by atoms with Crippen LogP contribution in [0.15, 0.2) is 79.1 Å². The van der Waals surface area contributed by atoms with Crippen molar-refractivity contribution in [3.8, 4) is 5.75 Å². The van der Waals surface area contributed by atoms with Gasteiger partial charge >= 0.3 is 0 Å². The van der Waals surface area contributed by atoms with Gasteiger partial charge in [0, 0.05) is 37.9 Å². The van der Waals surface area contributed by atoms with Crippen LogP contribution in [0.3, 0.4) is 0 Å². The Balaban J connectivity index is 1.34. The minimum absolute atomic E-state index is 0.519. The Hall–Kier alpha value is -2.69. The van der Waals surface area contributed by atoms with E-state index in [2.05, 4.69) is 64.5 Å². The number of ether oxygens (including phenoxy) is 1. The molecule has 4 rings (SSSR count). The topological polar surface area (TPSA) is 51.4 Å². The molecule has 1 aliphatic rings. The third-order valence-corrected chi connectivity index (χ3v) is 5.53. The summed E-state index contributed by atoms with van der Waals surface area (Å²) in [5.74, 6) is 1.93. The van der Waals surface area contributed by atoms with Crippen LogP contribution in [0, 0.1) is 5.92 Å². The molecular weight excluding hydrogens is 346 g/mol. The molecule has 0 saturated carbocycles. The molecule has 1 fully saturated rings. The van der Waals surface area contributed by atoms with Gasteiger partial charge in [0.15, 0.2) is 0 Å². The van der Waals surface area contributed by atoms with E-state index in [1.807, 2.05) is 12.1 Å². The number of pyridine rings is 1. The third kappa shape index (κ3) is 4.58. The van der Waals surface area contributed by atoms with E-state index >= 15 is 0 Å². The number of aromatic nitrogens is 1. The average Bonchev–Trinajstić information content (AvgIpc) is 3.17. The molecule has 1 aromatic heterocycles. The maximum Gasteiger partial charge on any atom is 0.119 e. The highest BCUT2D eigenvalue weighted by atomic mass is 16.5. The second kappa shape index (κ2) is 9.00. The zero-order valence-corrected chi connectivity index (χ0v) is 16.1. The van der Waals surface area contributed by atoms with E-state index < -0.39 is 0 Å². The van der Waals surface area contributed by atoms with Crippen molar-refractivity contribution in [3.05, 3.63) is 95.8 Å². The Labute approximate surface area is 167 Å². The fourth-order valence-electron chi connectivity index (χ4n) is 4.00. The predicted octanol–water partition coefficient (Wildman–Crippen LogP) is 3.83. The van der Waals surface area contributed by atoms with Crippen molar-refractivity contribution in [1.82, 2.24) is 9.88 Å². The predicted molar refractivity (Wildman–Crippen MR) is 112 cm³/mol. The van der Waals surface area contributed by atoms with Gasteiger partial charge in [-0.3, -0.25) is 9.88 Å². The van der Waals surface area contributed by atoms with Gasteiger partial charge in [0.05, 0.1) is 0 Å². The zero-order chi connectivity index (χ0) is 19.2. The van der Waals surface area contributed by atoms with Gasteiger partial charge in [-0.1, -0.05) is 42.5 Å². The zero-order valence-electron chi connectivity index (χ0n) is 16.1. The molecule has 2 heterocycles. The SMILES string of the molecule is NC[C@@H]1CN(Cc2ccc(OCc3ccncc3)cc2)C[C@H]1c1ccccc1. The van der Waals surface area contributed by atoms with Crippen LogP contribution in [0.5, 0.6) is 5.75 Å². The summed E-state index contributed by atoms with van der Waals surface area (Å²) in [5, 5.41) is 0. The molecule has 2 atom stereocenters. The summed E-state index contributed by atoms with van der Waals surface area (Å²) in [6.07, 6.45) is 3.57. The quantitative estimate of drug-likeness (QED) is 0.684. The van der Waals surface area contributed by atoms with Gasteiger partial charge in [-0.2, -0.15) is 0 Å². The third-order valence-electron chi connectivity index (χ3n) is 5.53. The van der Waals surface area contributed by atoms with E-state index in [0.717, 1.165) is 37.5 Å². The van der Waals surface area contributed by atoms with Crippen LogP contribution >= 0.6 is 0 Å². The minimum Gasteiger partial charge on any atom is -0.489 e. The van der Waals surface area contributed by atoms with Crippen molar-refractivity contribution in [3.63, 3.8) is 0 Å². The molecule has 4 nitrogen and oxygen atoms in total. The van der Waals surface area contributed by atoms with Gasteiger partial charge in [0.2, 0.25) is 0 Å². The normalized spacial score (nSPS) is 19.6. The van der Waals surface area contributed by atoms with Gasteiger partial charge in [-0.15, -0.1) is 0 Å². The van der Waals surface area contributed by atoms with E-state index in [1.165, 1.54) is 11.1 Å². The van der Waals surface area contributed by atoms with Crippen molar-refractivity contribution in [1.29, 1.82) is 0 Å². The van der Waals surface area contributed by atoms with Crippen LogP contribution in [0.1, 0.15) is 22.6 Å². The van der Waals surface area contributed by atoms with E-state index in [0.29, 0.717) is 18.4 Å². The summed E-state index contributed by atoms with van der Waals surface area (Å²) in [4.78, 5) is 6.54. The highest BCUT2D eigenvalue weighted by molar-refractivity contribution is 5.28. The number of nitrogens with two attached hydrogens (primary N) is 1. The first kappa shape index (κ1) is 18.7. The molecule has 1 saturated heterocycles. The Morgan fingerprint density at radius 2 is 1.64 bits per heavy atom. The summed E-state index contributed by atoms with van der Waals surface area (Å²) in [6, 6.07) is 23.2. The number of hydrogen-bond donors (Lipinski definition) is 1. The average molecular weight is 374 g/mol. The maximum atomic E-state index is 6.07. The Bertz CT molecular complexity index is 852. The summed E-state index contributed by atoms with van der Waals surface area (Å²) in [5.41, 5.74) is 9.90. The van der Waals surface area contributed by atoms with Gasteiger partial charge < -0.3 is 10.5 Å². The maximum absolute atomic E-state index is 6.07. The van der Waals surface area contributed by atoms with E-state index in [1.54, 1.807) is 12.4 Å². The molecule has 4 heteroatoms. The molecule has 1 aliphatic heterocycles. The molecule has 0 aliphatic carbocycles. The summed E-state index contributed by atoms with van der Waals surface area (Å²) >= 11 is 0. The summed E-state index contributed by atoms with van der Waals surface area (Å²) < 4.78 is 5.87.